The molecule has 5 nitrogen and oxygen atoms in total. The zero-order chi connectivity index (χ0) is 12.0. The molecule has 16 heavy (non-hydrogen) atoms. The van der Waals surface area contributed by atoms with Crippen LogP contribution in [0.1, 0.15) is 33.1 Å². The van der Waals surface area contributed by atoms with E-state index in [1.807, 2.05) is 0 Å². The summed E-state index contributed by atoms with van der Waals surface area (Å²) >= 11 is 0. The SMILES string of the molecule is CC1CN(CCCCC(N)=NO)CC(C)O1. The van der Waals surface area contributed by atoms with E-state index in [2.05, 4.69) is 23.9 Å². The van der Waals surface area contributed by atoms with Gasteiger partial charge < -0.3 is 15.7 Å². The maximum atomic E-state index is 8.39. The Kier molecular flexibility index (Phi) is 5.55. The molecule has 0 aliphatic carbocycles. The highest BCUT2D eigenvalue weighted by molar-refractivity contribution is 5.79. The quantitative estimate of drug-likeness (QED) is 0.243. The lowest BCUT2D eigenvalue weighted by atomic mass is 10.2. The standard InChI is InChI=1S/C11H23N3O2/c1-9-7-14(8-10(2)16-9)6-4-3-5-11(12)13-15/h9-10,15H,3-8H2,1-2H3,(H2,12,13). The molecule has 1 aliphatic heterocycles. The van der Waals surface area contributed by atoms with Gasteiger partial charge in [-0.3, -0.25) is 4.90 Å². The molecule has 0 bridgehead atoms. The van der Waals surface area contributed by atoms with Crippen LogP contribution in [0.3, 0.4) is 0 Å². The van der Waals surface area contributed by atoms with Crippen LogP contribution in [0.25, 0.3) is 0 Å². The highest BCUT2D eigenvalue weighted by Crippen LogP contribution is 2.11. The summed E-state index contributed by atoms with van der Waals surface area (Å²) < 4.78 is 5.66. The maximum absolute atomic E-state index is 8.39. The number of nitrogens with zero attached hydrogens (tertiary/aromatic N) is 2. The van der Waals surface area contributed by atoms with Crippen molar-refractivity contribution in [1.29, 1.82) is 0 Å². The Hall–Kier alpha value is -0.810. The third kappa shape index (κ3) is 4.81. The Bertz CT molecular complexity index is 223. The molecule has 0 amide bonds. The molecule has 2 unspecified atom stereocenters. The van der Waals surface area contributed by atoms with Gasteiger partial charge in [-0.15, -0.1) is 0 Å². The average molecular weight is 229 g/mol. The molecule has 94 valence electrons. The van der Waals surface area contributed by atoms with E-state index in [0.717, 1.165) is 32.5 Å². The first kappa shape index (κ1) is 13.3. The van der Waals surface area contributed by atoms with E-state index < -0.39 is 0 Å². The first-order valence-electron chi connectivity index (χ1n) is 5.96. The third-order valence-corrected chi connectivity index (χ3v) is 2.78. The zero-order valence-electron chi connectivity index (χ0n) is 10.2. The van der Waals surface area contributed by atoms with E-state index in [-0.39, 0.29) is 0 Å². The summed E-state index contributed by atoms with van der Waals surface area (Å²) in [6.07, 6.45) is 3.37. The smallest absolute Gasteiger partial charge is 0.139 e. The van der Waals surface area contributed by atoms with Crippen LogP contribution in [0.15, 0.2) is 5.16 Å². The van der Waals surface area contributed by atoms with Crippen molar-refractivity contribution in [2.75, 3.05) is 19.6 Å². The van der Waals surface area contributed by atoms with E-state index >= 15 is 0 Å². The van der Waals surface area contributed by atoms with Gasteiger partial charge in [0.2, 0.25) is 0 Å². The third-order valence-electron chi connectivity index (χ3n) is 2.78. The van der Waals surface area contributed by atoms with E-state index in [9.17, 15) is 0 Å². The number of morpholine rings is 1. The minimum absolute atomic E-state index is 0.323. The van der Waals surface area contributed by atoms with Gasteiger partial charge in [-0.05, 0) is 33.2 Å². The summed E-state index contributed by atoms with van der Waals surface area (Å²) in [6, 6.07) is 0. The van der Waals surface area contributed by atoms with Gasteiger partial charge in [-0.25, -0.2) is 0 Å². The van der Waals surface area contributed by atoms with Gasteiger partial charge in [-0.1, -0.05) is 5.16 Å². The number of nitrogens with two attached hydrogens (primary N) is 1. The van der Waals surface area contributed by atoms with Crippen LogP contribution < -0.4 is 5.73 Å². The number of hydrogen-bond acceptors (Lipinski definition) is 4. The normalized spacial score (nSPS) is 28.2. The fourth-order valence-corrected chi connectivity index (χ4v) is 2.16. The van der Waals surface area contributed by atoms with Crippen LogP contribution >= 0.6 is 0 Å². The minimum Gasteiger partial charge on any atom is -0.409 e. The summed E-state index contributed by atoms with van der Waals surface area (Å²) in [7, 11) is 0. The second-order valence-electron chi connectivity index (χ2n) is 4.57. The highest BCUT2D eigenvalue weighted by atomic mass is 16.5. The monoisotopic (exact) mass is 229 g/mol. The topological polar surface area (TPSA) is 71.1 Å². The summed E-state index contributed by atoms with van der Waals surface area (Å²) in [5.74, 6) is 0.323. The van der Waals surface area contributed by atoms with Crippen molar-refractivity contribution in [3.63, 3.8) is 0 Å². The number of unbranched alkanes of at least 4 members (excludes halogenated alkanes) is 1. The first-order chi connectivity index (χ1) is 7.61. The first-order valence-corrected chi connectivity index (χ1v) is 5.96. The van der Waals surface area contributed by atoms with Gasteiger partial charge in [0.15, 0.2) is 0 Å². The lowest BCUT2D eigenvalue weighted by molar-refractivity contribution is -0.0681. The molecule has 0 spiro atoms. The van der Waals surface area contributed by atoms with Crippen LogP contribution in [0.4, 0.5) is 0 Å². The van der Waals surface area contributed by atoms with Gasteiger partial charge in [0.05, 0.1) is 12.2 Å². The summed E-state index contributed by atoms with van der Waals surface area (Å²) in [6.45, 7) is 7.30. The molecule has 1 heterocycles. The Morgan fingerprint density at radius 1 is 1.38 bits per heavy atom. The van der Waals surface area contributed by atoms with Gasteiger partial charge in [0, 0.05) is 19.5 Å². The van der Waals surface area contributed by atoms with Crippen molar-refractivity contribution in [2.45, 2.75) is 45.3 Å². The molecule has 0 saturated carbocycles. The fourth-order valence-electron chi connectivity index (χ4n) is 2.16. The molecule has 2 atom stereocenters. The van der Waals surface area contributed by atoms with Gasteiger partial charge in [0.1, 0.15) is 5.84 Å². The largest absolute Gasteiger partial charge is 0.409 e. The van der Waals surface area contributed by atoms with Crippen LogP contribution in [-0.4, -0.2) is 47.8 Å². The molecule has 0 aromatic carbocycles. The summed E-state index contributed by atoms with van der Waals surface area (Å²) in [5.41, 5.74) is 5.40. The van der Waals surface area contributed by atoms with Crippen LogP contribution in [0.2, 0.25) is 0 Å². The van der Waals surface area contributed by atoms with Crippen LogP contribution in [0.5, 0.6) is 0 Å². The zero-order valence-corrected chi connectivity index (χ0v) is 10.2. The Labute approximate surface area is 97.2 Å². The lowest BCUT2D eigenvalue weighted by Crippen LogP contribution is -2.45. The Balaban J connectivity index is 2.12. The van der Waals surface area contributed by atoms with Crippen molar-refractivity contribution in [2.24, 2.45) is 10.9 Å². The predicted molar refractivity (Wildman–Crippen MR) is 63.7 cm³/mol. The van der Waals surface area contributed by atoms with Crippen molar-refractivity contribution in [1.82, 2.24) is 4.90 Å². The van der Waals surface area contributed by atoms with E-state index in [4.69, 9.17) is 15.7 Å². The summed E-state index contributed by atoms with van der Waals surface area (Å²) in [4.78, 5) is 2.42. The second kappa shape index (κ2) is 6.70. The molecule has 0 radical (unpaired) electrons. The maximum Gasteiger partial charge on any atom is 0.139 e. The summed E-state index contributed by atoms with van der Waals surface area (Å²) in [5, 5.41) is 11.3. The van der Waals surface area contributed by atoms with Gasteiger partial charge in [-0.2, -0.15) is 0 Å². The van der Waals surface area contributed by atoms with Crippen molar-refractivity contribution in [3.05, 3.63) is 0 Å². The van der Waals surface area contributed by atoms with Crippen LogP contribution in [0, 0.1) is 0 Å². The van der Waals surface area contributed by atoms with Gasteiger partial charge >= 0.3 is 0 Å². The Morgan fingerprint density at radius 3 is 2.56 bits per heavy atom. The van der Waals surface area contributed by atoms with E-state index in [0.29, 0.717) is 24.5 Å². The molecule has 1 saturated heterocycles. The number of oxime groups is 1. The van der Waals surface area contributed by atoms with E-state index in [1.165, 1.54) is 0 Å². The number of amidine groups is 1. The molecule has 0 aromatic heterocycles. The molecule has 3 N–H and O–H groups in total. The molecule has 0 aromatic rings. The molecular formula is C11H23N3O2. The van der Waals surface area contributed by atoms with Crippen molar-refractivity contribution < 1.29 is 9.94 Å². The van der Waals surface area contributed by atoms with Crippen molar-refractivity contribution in [3.8, 4) is 0 Å². The fraction of sp³-hybridized carbons (Fsp3) is 0.909. The van der Waals surface area contributed by atoms with Gasteiger partial charge in [0.25, 0.3) is 0 Å². The van der Waals surface area contributed by atoms with Crippen LogP contribution in [-0.2, 0) is 4.74 Å². The molecule has 1 aliphatic rings. The molecule has 1 rings (SSSR count). The highest BCUT2D eigenvalue weighted by Gasteiger charge is 2.21. The second-order valence-corrected chi connectivity index (χ2v) is 4.57. The Morgan fingerprint density at radius 2 is 2.00 bits per heavy atom. The lowest BCUT2D eigenvalue weighted by Gasteiger charge is -2.35. The number of rotatable bonds is 5. The predicted octanol–water partition coefficient (Wildman–Crippen LogP) is 1.01. The number of hydrogen-bond donors (Lipinski definition) is 2. The molecular weight excluding hydrogens is 206 g/mol. The molecule has 5 heteroatoms. The van der Waals surface area contributed by atoms with Crippen molar-refractivity contribution >= 4 is 5.84 Å². The minimum atomic E-state index is 0.323. The molecule has 1 fully saturated rings. The average Bonchev–Trinajstić information content (AvgIpc) is 2.22. The number of ether oxygens (including phenoxy) is 1. The van der Waals surface area contributed by atoms with E-state index in [1.54, 1.807) is 0 Å².